The van der Waals surface area contributed by atoms with Crippen LogP contribution in [0.5, 0.6) is 0 Å². The van der Waals surface area contributed by atoms with Crippen LogP contribution in [0.2, 0.25) is 0 Å². The molecule has 3 aromatic heterocycles. The van der Waals surface area contributed by atoms with Gasteiger partial charge in [0, 0.05) is 39.4 Å². The molecule has 0 saturated heterocycles. The highest BCUT2D eigenvalue weighted by Crippen LogP contribution is 2.43. The second kappa shape index (κ2) is 11.7. The summed E-state index contributed by atoms with van der Waals surface area (Å²) in [5.74, 6) is 0. The fraction of sp³-hybridized carbons (Fsp3) is 0. The third-order valence-corrected chi connectivity index (χ3v) is 10.6. The van der Waals surface area contributed by atoms with Crippen molar-refractivity contribution in [3.8, 4) is 16.8 Å². The molecule has 0 aliphatic rings. The van der Waals surface area contributed by atoms with Crippen LogP contribution < -0.4 is 4.90 Å². The van der Waals surface area contributed by atoms with Gasteiger partial charge < -0.3 is 13.9 Å². The lowest BCUT2D eigenvalue weighted by molar-refractivity contribution is 0.668. The fourth-order valence-electron chi connectivity index (χ4n) is 8.25. The van der Waals surface area contributed by atoms with Crippen molar-refractivity contribution in [2.75, 3.05) is 4.90 Å². The van der Waals surface area contributed by atoms with Crippen molar-refractivity contribution >= 4 is 82.5 Å². The molecule has 8 aromatic carbocycles. The number of rotatable bonds is 5. The topological polar surface area (TPSA) is 34.2 Å². The van der Waals surface area contributed by atoms with Gasteiger partial charge in [-0.2, -0.15) is 0 Å². The predicted octanol–water partition coefficient (Wildman–Crippen LogP) is 13.5. The summed E-state index contributed by atoms with van der Waals surface area (Å²) in [6.45, 7) is 0. The van der Waals surface area contributed by atoms with Crippen molar-refractivity contribution in [2.24, 2.45) is 0 Å². The molecule has 0 N–H and O–H groups in total. The lowest BCUT2D eigenvalue weighted by Gasteiger charge is -2.25. The molecule has 0 radical (unpaired) electrons. The number of anilines is 3. The first kappa shape index (κ1) is 29.5. The minimum absolute atomic E-state index is 0.779. The van der Waals surface area contributed by atoms with Gasteiger partial charge in [-0.1, -0.05) is 109 Å². The van der Waals surface area contributed by atoms with Crippen molar-refractivity contribution < 1.29 is 4.42 Å². The van der Waals surface area contributed by atoms with Crippen LogP contribution in [0.1, 0.15) is 0 Å². The Balaban J connectivity index is 1.10. The van der Waals surface area contributed by atoms with Crippen molar-refractivity contribution in [1.29, 1.82) is 0 Å². The Kier molecular flexibility index (Phi) is 6.52. The van der Waals surface area contributed by atoms with Crippen LogP contribution in [0.4, 0.5) is 17.1 Å². The minimum Gasteiger partial charge on any atom is -0.452 e. The molecule has 4 nitrogen and oxygen atoms in total. The third-order valence-electron chi connectivity index (χ3n) is 10.6. The van der Waals surface area contributed by atoms with Gasteiger partial charge in [0.05, 0.1) is 16.7 Å². The quantitative estimate of drug-likeness (QED) is 0.182. The van der Waals surface area contributed by atoms with E-state index in [1.165, 1.54) is 48.9 Å². The van der Waals surface area contributed by atoms with Crippen LogP contribution >= 0.6 is 0 Å². The van der Waals surface area contributed by atoms with E-state index in [0.717, 1.165) is 50.4 Å². The number of pyridine rings is 1. The number of para-hydroxylation sites is 3. The van der Waals surface area contributed by atoms with Crippen LogP contribution in [-0.2, 0) is 0 Å². The Morgan fingerprint density at radius 2 is 1.21 bits per heavy atom. The summed E-state index contributed by atoms with van der Waals surface area (Å²) in [5.41, 5.74) is 11.4. The van der Waals surface area contributed by atoms with E-state index in [9.17, 15) is 0 Å². The first-order valence-corrected chi connectivity index (χ1v) is 18.0. The molecule has 0 amide bonds. The summed E-state index contributed by atoms with van der Waals surface area (Å²) in [4.78, 5) is 6.91. The van der Waals surface area contributed by atoms with Crippen LogP contribution in [-0.4, -0.2) is 9.55 Å². The Hall–Kier alpha value is -7.17. The number of benzene rings is 8. The number of hydrogen-bond acceptors (Lipinski definition) is 3. The second-order valence-electron chi connectivity index (χ2n) is 13.6. The first-order valence-electron chi connectivity index (χ1n) is 18.0. The smallest absolute Gasteiger partial charge is 0.161 e. The highest BCUT2D eigenvalue weighted by Gasteiger charge is 2.21. The molecule has 248 valence electrons. The maximum absolute atomic E-state index is 6.48. The zero-order valence-corrected chi connectivity index (χ0v) is 28.6. The Bertz CT molecular complexity index is 3170. The Morgan fingerprint density at radius 3 is 2.08 bits per heavy atom. The summed E-state index contributed by atoms with van der Waals surface area (Å²) in [6, 6.07) is 65.0. The highest BCUT2D eigenvalue weighted by molar-refractivity contribution is 6.21. The molecular weight excluding hydrogens is 647 g/mol. The van der Waals surface area contributed by atoms with Gasteiger partial charge in [-0.25, -0.2) is 0 Å². The molecule has 3 heterocycles. The van der Waals surface area contributed by atoms with Gasteiger partial charge in [0.25, 0.3) is 0 Å². The number of furan rings is 1. The maximum atomic E-state index is 6.48. The molecule has 11 aromatic rings. The summed E-state index contributed by atoms with van der Waals surface area (Å²) >= 11 is 0. The van der Waals surface area contributed by atoms with Crippen LogP contribution in [0.25, 0.3) is 82.2 Å². The van der Waals surface area contributed by atoms with Crippen LogP contribution in [0.15, 0.2) is 193 Å². The molecule has 0 aliphatic heterocycles. The largest absolute Gasteiger partial charge is 0.452 e. The number of hydrogen-bond donors (Lipinski definition) is 0. The maximum Gasteiger partial charge on any atom is 0.161 e. The second-order valence-corrected chi connectivity index (χ2v) is 13.6. The molecule has 0 unspecified atom stereocenters. The van der Waals surface area contributed by atoms with Gasteiger partial charge in [-0.3, -0.25) is 4.98 Å². The van der Waals surface area contributed by atoms with E-state index in [1.807, 2.05) is 24.4 Å². The zero-order chi connectivity index (χ0) is 34.9. The van der Waals surface area contributed by atoms with Gasteiger partial charge >= 0.3 is 0 Å². The Morgan fingerprint density at radius 1 is 0.491 bits per heavy atom. The molecule has 0 bridgehead atoms. The standard InChI is InChI=1S/C49H31N3O/c1-2-14-35(15-3-1)51(45-21-10-19-41-48-46(53-49(41)45)22-11-29-50-48)36-26-23-33(24-27-36)42-31-37(30-34-13-5-6-16-38(34)42)52-43-20-9-8-18-40(43)47-39-17-7-4-12-32(39)25-28-44(47)52/h1-31H. The Labute approximate surface area is 305 Å². The normalized spacial score (nSPS) is 11.8. The minimum atomic E-state index is 0.779. The van der Waals surface area contributed by atoms with Gasteiger partial charge in [-0.15, -0.1) is 0 Å². The van der Waals surface area contributed by atoms with E-state index in [-0.39, 0.29) is 0 Å². The molecule has 0 atom stereocenters. The lowest BCUT2D eigenvalue weighted by Crippen LogP contribution is -2.10. The van der Waals surface area contributed by atoms with E-state index < -0.39 is 0 Å². The SMILES string of the molecule is c1ccc(N(c2ccc(-c3cc(-n4c5ccccc5c5c6ccccc6ccc54)cc4ccccc34)cc2)c2cccc3c2oc2cccnc23)cc1. The number of nitrogens with zero attached hydrogens (tertiary/aromatic N) is 3. The van der Waals surface area contributed by atoms with Crippen molar-refractivity contribution in [2.45, 2.75) is 0 Å². The lowest BCUT2D eigenvalue weighted by atomic mass is 9.96. The molecule has 0 aliphatic carbocycles. The van der Waals surface area contributed by atoms with E-state index in [0.29, 0.717) is 0 Å². The van der Waals surface area contributed by atoms with Crippen LogP contribution in [0.3, 0.4) is 0 Å². The average Bonchev–Trinajstić information content (AvgIpc) is 3.78. The molecule has 0 fully saturated rings. The molecule has 11 rings (SSSR count). The van der Waals surface area contributed by atoms with Crippen LogP contribution in [0, 0.1) is 0 Å². The summed E-state index contributed by atoms with van der Waals surface area (Å²) < 4.78 is 8.91. The van der Waals surface area contributed by atoms with Crippen molar-refractivity contribution in [3.63, 3.8) is 0 Å². The molecule has 0 saturated carbocycles. The van der Waals surface area contributed by atoms with E-state index in [2.05, 4.69) is 178 Å². The summed E-state index contributed by atoms with van der Waals surface area (Å²) in [6.07, 6.45) is 1.82. The van der Waals surface area contributed by atoms with Gasteiger partial charge in [-0.05, 0) is 105 Å². The van der Waals surface area contributed by atoms with Crippen molar-refractivity contribution in [1.82, 2.24) is 9.55 Å². The highest BCUT2D eigenvalue weighted by atomic mass is 16.3. The summed E-state index contributed by atoms with van der Waals surface area (Å²) in [5, 5.41) is 8.48. The fourth-order valence-corrected chi connectivity index (χ4v) is 8.25. The molecule has 0 spiro atoms. The van der Waals surface area contributed by atoms with Gasteiger partial charge in [0.2, 0.25) is 0 Å². The van der Waals surface area contributed by atoms with Crippen molar-refractivity contribution in [3.05, 3.63) is 188 Å². The third kappa shape index (κ3) is 4.59. The van der Waals surface area contributed by atoms with E-state index >= 15 is 0 Å². The summed E-state index contributed by atoms with van der Waals surface area (Å²) in [7, 11) is 0. The van der Waals surface area contributed by atoms with Gasteiger partial charge in [0.1, 0.15) is 5.52 Å². The van der Waals surface area contributed by atoms with E-state index in [4.69, 9.17) is 4.42 Å². The van der Waals surface area contributed by atoms with E-state index in [1.54, 1.807) is 0 Å². The molecular formula is C49H31N3O. The number of fused-ring (bicyclic) bond motifs is 9. The predicted molar refractivity (Wildman–Crippen MR) is 221 cm³/mol. The number of aromatic nitrogens is 2. The zero-order valence-electron chi connectivity index (χ0n) is 28.6. The monoisotopic (exact) mass is 677 g/mol. The van der Waals surface area contributed by atoms with Gasteiger partial charge in [0.15, 0.2) is 11.2 Å². The molecule has 4 heteroatoms. The molecule has 53 heavy (non-hydrogen) atoms. The average molecular weight is 678 g/mol. The first-order chi connectivity index (χ1) is 26.3.